The molecule has 0 fully saturated rings. The maximum atomic E-state index is 8.56. The Morgan fingerprint density at radius 2 is 0.657 bits per heavy atom. The highest BCUT2D eigenvalue weighted by molar-refractivity contribution is 5.66. The fraction of sp³-hybridized carbons (Fsp3) is 0.0312. The van der Waals surface area contributed by atoms with Gasteiger partial charge in [0.15, 0.2) is 0 Å². The lowest BCUT2D eigenvalue weighted by atomic mass is 9.65. The summed E-state index contributed by atoms with van der Waals surface area (Å²) in [6, 6.07) is 52.1. The van der Waals surface area contributed by atoms with E-state index in [9.17, 15) is 0 Å². The fourth-order valence-corrected chi connectivity index (χ4v) is 4.61. The molecule has 5 aromatic rings. The average molecular weight is 459 g/mol. The van der Waals surface area contributed by atoms with Crippen LogP contribution in [0.1, 0.15) is 22.3 Å². The second kappa shape index (κ2) is 11.0. The molecular weight excluding hydrogens is 432 g/mol. The Bertz CT molecular complexity index is 1230. The number of carboxylic acid groups (broad SMARTS) is 2. The lowest BCUT2D eigenvalue weighted by Crippen LogP contribution is -2.30. The number of rotatable bonds is 5. The van der Waals surface area contributed by atoms with E-state index < -0.39 is 6.16 Å². The minimum atomic E-state index is -1.83. The first kappa shape index (κ1) is 23.5. The van der Waals surface area contributed by atoms with Crippen LogP contribution in [-0.4, -0.2) is 16.4 Å². The molecule has 0 aliphatic heterocycles. The molecule has 0 aliphatic rings. The van der Waals surface area contributed by atoms with Crippen LogP contribution < -0.4 is 0 Å². The van der Waals surface area contributed by atoms with Gasteiger partial charge in [0.05, 0.1) is 5.41 Å². The van der Waals surface area contributed by atoms with Crippen molar-refractivity contribution in [2.24, 2.45) is 0 Å². The maximum absolute atomic E-state index is 8.56. The zero-order valence-electron chi connectivity index (χ0n) is 19.2. The lowest BCUT2D eigenvalue weighted by molar-refractivity contribution is 0.137. The summed E-state index contributed by atoms with van der Waals surface area (Å²) in [5.74, 6) is 0. The van der Waals surface area contributed by atoms with Crippen LogP contribution in [0.4, 0.5) is 4.79 Å². The SMILES string of the molecule is O=C(O)O.c1ccc(-c2ccc(C(c3ccccc3)(c3ccccc3)c3ccccc3)cc2)cc1. The van der Waals surface area contributed by atoms with Crippen LogP contribution in [0.5, 0.6) is 0 Å². The topological polar surface area (TPSA) is 57.5 Å². The molecule has 0 saturated carbocycles. The molecule has 172 valence electrons. The monoisotopic (exact) mass is 458 g/mol. The van der Waals surface area contributed by atoms with Crippen LogP contribution >= 0.6 is 0 Å². The van der Waals surface area contributed by atoms with E-state index >= 15 is 0 Å². The van der Waals surface area contributed by atoms with E-state index in [0.29, 0.717) is 0 Å². The zero-order chi connectivity index (χ0) is 24.5. The van der Waals surface area contributed by atoms with Gasteiger partial charge in [0, 0.05) is 0 Å². The van der Waals surface area contributed by atoms with Crippen molar-refractivity contribution in [1.82, 2.24) is 0 Å². The van der Waals surface area contributed by atoms with E-state index in [1.165, 1.54) is 33.4 Å². The van der Waals surface area contributed by atoms with Crippen LogP contribution in [-0.2, 0) is 5.41 Å². The number of hydrogen-bond acceptors (Lipinski definition) is 1. The van der Waals surface area contributed by atoms with Crippen LogP contribution in [0.3, 0.4) is 0 Å². The van der Waals surface area contributed by atoms with E-state index in [1.807, 2.05) is 0 Å². The highest BCUT2D eigenvalue weighted by Gasteiger charge is 2.38. The highest BCUT2D eigenvalue weighted by Crippen LogP contribution is 2.45. The second-order valence-electron chi connectivity index (χ2n) is 8.07. The molecule has 0 atom stereocenters. The van der Waals surface area contributed by atoms with Gasteiger partial charge in [0.2, 0.25) is 0 Å². The predicted octanol–water partition coefficient (Wildman–Crippen LogP) is 7.96. The zero-order valence-corrected chi connectivity index (χ0v) is 19.2. The molecule has 0 saturated heterocycles. The molecule has 35 heavy (non-hydrogen) atoms. The second-order valence-corrected chi connectivity index (χ2v) is 8.07. The van der Waals surface area contributed by atoms with E-state index in [1.54, 1.807) is 0 Å². The van der Waals surface area contributed by atoms with E-state index in [-0.39, 0.29) is 5.41 Å². The molecule has 2 N–H and O–H groups in total. The van der Waals surface area contributed by atoms with Crippen molar-refractivity contribution in [3.05, 3.63) is 168 Å². The van der Waals surface area contributed by atoms with Crippen molar-refractivity contribution >= 4 is 6.16 Å². The average Bonchev–Trinajstić information content (AvgIpc) is 2.92. The Morgan fingerprint density at radius 3 is 1.00 bits per heavy atom. The first-order chi connectivity index (χ1) is 17.1. The first-order valence-corrected chi connectivity index (χ1v) is 11.4. The Balaban J connectivity index is 0.000000672. The maximum Gasteiger partial charge on any atom is 0.503 e. The van der Waals surface area contributed by atoms with Gasteiger partial charge in [-0.15, -0.1) is 0 Å². The quantitative estimate of drug-likeness (QED) is 0.263. The highest BCUT2D eigenvalue weighted by atomic mass is 16.6. The van der Waals surface area contributed by atoms with Crippen LogP contribution in [0.2, 0.25) is 0 Å². The molecule has 0 aromatic heterocycles. The van der Waals surface area contributed by atoms with Crippen molar-refractivity contribution in [2.45, 2.75) is 5.41 Å². The van der Waals surface area contributed by atoms with Gasteiger partial charge in [-0.3, -0.25) is 0 Å². The van der Waals surface area contributed by atoms with Gasteiger partial charge >= 0.3 is 6.16 Å². The fourth-order valence-electron chi connectivity index (χ4n) is 4.61. The molecule has 0 unspecified atom stereocenters. The number of benzene rings is 5. The molecule has 0 aliphatic carbocycles. The van der Waals surface area contributed by atoms with Crippen molar-refractivity contribution in [1.29, 1.82) is 0 Å². The van der Waals surface area contributed by atoms with Crippen molar-refractivity contribution in [3.63, 3.8) is 0 Å². The van der Waals surface area contributed by atoms with Gasteiger partial charge in [-0.2, -0.15) is 0 Å². The summed E-state index contributed by atoms with van der Waals surface area (Å²) in [7, 11) is 0. The lowest BCUT2D eigenvalue weighted by Gasteiger charge is -2.37. The van der Waals surface area contributed by atoms with E-state index in [0.717, 1.165) is 0 Å². The molecule has 3 nitrogen and oxygen atoms in total. The summed E-state index contributed by atoms with van der Waals surface area (Å²) in [4.78, 5) is 8.56. The summed E-state index contributed by atoms with van der Waals surface area (Å²) >= 11 is 0. The Kier molecular flexibility index (Phi) is 7.39. The van der Waals surface area contributed by atoms with Gasteiger partial charge in [0.1, 0.15) is 0 Å². The van der Waals surface area contributed by atoms with Crippen LogP contribution in [0.25, 0.3) is 11.1 Å². The molecule has 3 heteroatoms. The third-order valence-corrected chi connectivity index (χ3v) is 6.05. The largest absolute Gasteiger partial charge is 0.503 e. The minimum Gasteiger partial charge on any atom is -0.450 e. The number of carbonyl (C=O) groups is 1. The van der Waals surface area contributed by atoms with E-state index in [4.69, 9.17) is 15.0 Å². The smallest absolute Gasteiger partial charge is 0.450 e. The predicted molar refractivity (Wildman–Crippen MR) is 141 cm³/mol. The summed E-state index contributed by atoms with van der Waals surface area (Å²) < 4.78 is 0. The van der Waals surface area contributed by atoms with Gasteiger partial charge in [0.25, 0.3) is 0 Å². The van der Waals surface area contributed by atoms with Gasteiger partial charge < -0.3 is 10.2 Å². The Morgan fingerprint density at radius 1 is 0.400 bits per heavy atom. The van der Waals surface area contributed by atoms with Crippen LogP contribution in [0.15, 0.2) is 146 Å². The molecule has 0 amide bonds. The van der Waals surface area contributed by atoms with Crippen molar-refractivity contribution in [2.75, 3.05) is 0 Å². The van der Waals surface area contributed by atoms with Gasteiger partial charge in [-0.05, 0) is 33.4 Å². The van der Waals surface area contributed by atoms with Crippen LogP contribution in [0, 0.1) is 0 Å². The molecule has 0 heterocycles. The van der Waals surface area contributed by atoms with E-state index in [2.05, 4.69) is 146 Å². The molecule has 5 aromatic carbocycles. The first-order valence-electron chi connectivity index (χ1n) is 11.4. The standard InChI is InChI=1S/C31H24.CH2O3/c1-5-13-25(14-6-1)26-21-23-30(24-22-26)31(27-15-7-2-8-16-27,28-17-9-3-10-18-28)29-19-11-4-12-20-29;2-1(3)4/h1-24H;(H2,2,3,4). The Hall–Kier alpha value is -4.63. The van der Waals surface area contributed by atoms with Gasteiger partial charge in [-0.1, -0.05) is 146 Å². The van der Waals surface area contributed by atoms with Crippen molar-refractivity contribution < 1.29 is 15.0 Å². The number of hydrogen-bond donors (Lipinski definition) is 2. The Labute approximate surface area is 205 Å². The summed E-state index contributed by atoms with van der Waals surface area (Å²) in [5.41, 5.74) is 7.13. The molecular formula is C32H26O3. The van der Waals surface area contributed by atoms with Crippen molar-refractivity contribution in [3.8, 4) is 11.1 Å². The van der Waals surface area contributed by atoms with Gasteiger partial charge in [-0.25, -0.2) is 4.79 Å². The molecule has 0 bridgehead atoms. The summed E-state index contributed by atoms with van der Waals surface area (Å²) in [5, 5.41) is 13.9. The molecule has 0 radical (unpaired) electrons. The third kappa shape index (κ3) is 5.15. The minimum absolute atomic E-state index is 0.390. The summed E-state index contributed by atoms with van der Waals surface area (Å²) in [6.07, 6.45) is -1.83. The molecule has 0 spiro atoms. The third-order valence-electron chi connectivity index (χ3n) is 6.05. The normalized spacial score (nSPS) is 10.6. The summed E-state index contributed by atoms with van der Waals surface area (Å²) in [6.45, 7) is 0. The molecule has 5 rings (SSSR count).